The van der Waals surface area contributed by atoms with Crippen LogP contribution in [0.3, 0.4) is 0 Å². The molecule has 1 aliphatic carbocycles. The molecule has 0 radical (unpaired) electrons. The Labute approximate surface area is 246 Å². The topological polar surface area (TPSA) is 86.8 Å². The quantitative estimate of drug-likeness (QED) is 0.332. The Morgan fingerprint density at radius 2 is 1.60 bits per heavy atom. The van der Waals surface area contributed by atoms with E-state index in [-0.39, 0.29) is 30.6 Å². The molecule has 0 heterocycles. The fourth-order valence-electron chi connectivity index (χ4n) is 5.32. The number of sulfonamides is 1. The van der Waals surface area contributed by atoms with Gasteiger partial charge in [-0.2, -0.15) is 0 Å². The standard InChI is InChI=1S/C32H37F2N3O4S/c1-23-11-9-10-14-25(23)21-36(31(38)22-37(42(2,40)41)27-17-18-28(33)29(34)20-27)30(19-24-12-5-3-6-13-24)32(39)35-26-15-7-4-8-16-26/h3,5-6,9-14,17-18,20,26,30H,4,7-8,15-16,19,21-22H2,1-2H3,(H,35,39)/t30-/m0/s1. The highest BCUT2D eigenvalue weighted by atomic mass is 32.2. The predicted molar refractivity (Wildman–Crippen MR) is 159 cm³/mol. The molecule has 0 spiro atoms. The number of hydrogen-bond acceptors (Lipinski definition) is 4. The van der Waals surface area contributed by atoms with E-state index in [4.69, 9.17) is 0 Å². The molecular weight excluding hydrogens is 560 g/mol. The Morgan fingerprint density at radius 1 is 0.929 bits per heavy atom. The van der Waals surface area contributed by atoms with Gasteiger partial charge >= 0.3 is 0 Å². The van der Waals surface area contributed by atoms with Crippen LogP contribution in [0.2, 0.25) is 0 Å². The smallest absolute Gasteiger partial charge is 0.244 e. The number of halogens is 2. The van der Waals surface area contributed by atoms with Crippen LogP contribution in [0, 0.1) is 18.6 Å². The lowest BCUT2D eigenvalue weighted by atomic mass is 9.94. The summed E-state index contributed by atoms with van der Waals surface area (Å²) in [6, 6.07) is 18.5. The third kappa shape index (κ3) is 8.15. The molecule has 3 aromatic rings. The highest BCUT2D eigenvalue weighted by molar-refractivity contribution is 7.92. The zero-order chi connectivity index (χ0) is 30.3. The summed E-state index contributed by atoms with van der Waals surface area (Å²) in [4.78, 5) is 29.5. The number of nitrogens with one attached hydrogen (secondary N) is 1. The Morgan fingerprint density at radius 3 is 2.24 bits per heavy atom. The molecule has 0 unspecified atom stereocenters. The van der Waals surface area contributed by atoms with Gasteiger partial charge in [-0.1, -0.05) is 73.9 Å². The van der Waals surface area contributed by atoms with E-state index >= 15 is 0 Å². The molecule has 224 valence electrons. The van der Waals surface area contributed by atoms with Crippen LogP contribution in [0.25, 0.3) is 0 Å². The van der Waals surface area contributed by atoms with Crippen LogP contribution >= 0.6 is 0 Å². The van der Waals surface area contributed by atoms with Crippen molar-refractivity contribution in [2.75, 3.05) is 17.1 Å². The van der Waals surface area contributed by atoms with Gasteiger partial charge in [0.25, 0.3) is 0 Å². The minimum atomic E-state index is -4.09. The van der Waals surface area contributed by atoms with E-state index in [1.54, 1.807) is 0 Å². The average molecular weight is 598 g/mol. The van der Waals surface area contributed by atoms with Gasteiger partial charge < -0.3 is 10.2 Å². The van der Waals surface area contributed by atoms with Crippen LogP contribution in [0.4, 0.5) is 14.5 Å². The highest BCUT2D eigenvalue weighted by Gasteiger charge is 2.34. The first-order valence-corrected chi connectivity index (χ1v) is 16.0. The van der Waals surface area contributed by atoms with Crippen LogP contribution in [0.5, 0.6) is 0 Å². The molecule has 10 heteroatoms. The summed E-state index contributed by atoms with van der Waals surface area (Å²) in [6.07, 6.45) is 5.95. The second-order valence-electron chi connectivity index (χ2n) is 10.9. The summed E-state index contributed by atoms with van der Waals surface area (Å²) in [5.41, 5.74) is 2.35. The lowest BCUT2D eigenvalue weighted by molar-refractivity contribution is -0.140. The lowest BCUT2D eigenvalue weighted by Crippen LogP contribution is -2.55. The second-order valence-corrected chi connectivity index (χ2v) is 12.8. The molecule has 0 aromatic heterocycles. The molecule has 7 nitrogen and oxygen atoms in total. The summed E-state index contributed by atoms with van der Waals surface area (Å²) in [6.45, 7) is 1.25. The molecular formula is C32H37F2N3O4S. The van der Waals surface area contributed by atoms with Crippen molar-refractivity contribution < 1.29 is 26.8 Å². The number of hydrogen-bond donors (Lipinski definition) is 1. The van der Waals surface area contributed by atoms with Gasteiger partial charge in [-0.05, 0) is 48.6 Å². The van der Waals surface area contributed by atoms with E-state index in [9.17, 15) is 26.8 Å². The fraction of sp³-hybridized carbons (Fsp3) is 0.375. The van der Waals surface area contributed by atoms with Crippen molar-refractivity contribution in [1.82, 2.24) is 10.2 Å². The summed E-state index contributed by atoms with van der Waals surface area (Å²) in [5, 5.41) is 3.15. The molecule has 1 saturated carbocycles. The number of amides is 2. The van der Waals surface area contributed by atoms with E-state index in [0.717, 1.165) is 77.6 Å². The second kappa shape index (κ2) is 13.9. The van der Waals surface area contributed by atoms with Crippen molar-refractivity contribution in [1.29, 1.82) is 0 Å². The number of nitrogens with zero attached hydrogens (tertiary/aromatic N) is 2. The van der Waals surface area contributed by atoms with Crippen LogP contribution in [0.1, 0.15) is 48.8 Å². The van der Waals surface area contributed by atoms with Gasteiger partial charge in [0.05, 0.1) is 11.9 Å². The molecule has 0 bridgehead atoms. The maximum atomic E-state index is 14.1. The molecule has 4 rings (SSSR count). The summed E-state index contributed by atoms with van der Waals surface area (Å²) < 4.78 is 54.1. The number of anilines is 1. The van der Waals surface area contributed by atoms with Crippen molar-refractivity contribution in [3.8, 4) is 0 Å². The number of carbonyl (C=O) groups is 2. The Bertz CT molecular complexity index is 1490. The molecule has 1 atom stereocenters. The Kier molecular flexibility index (Phi) is 10.3. The van der Waals surface area contributed by atoms with Gasteiger partial charge in [0.1, 0.15) is 12.6 Å². The monoisotopic (exact) mass is 597 g/mol. The van der Waals surface area contributed by atoms with Crippen molar-refractivity contribution in [2.24, 2.45) is 0 Å². The van der Waals surface area contributed by atoms with Crippen LogP contribution < -0.4 is 9.62 Å². The van der Waals surface area contributed by atoms with Crippen molar-refractivity contribution in [3.05, 3.63) is 101 Å². The zero-order valence-corrected chi connectivity index (χ0v) is 24.7. The SMILES string of the molecule is Cc1ccccc1CN(C(=O)CN(c1ccc(F)c(F)c1)S(C)(=O)=O)[C@@H](Cc1ccccc1)C(=O)NC1CCCCC1. The third-order valence-electron chi connectivity index (χ3n) is 7.69. The number of aryl methyl sites for hydroxylation is 1. The first-order valence-electron chi connectivity index (χ1n) is 14.1. The Balaban J connectivity index is 1.74. The van der Waals surface area contributed by atoms with Gasteiger partial charge in [-0.15, -0.1) is 0 Å². The summed E-state index contributed by atoms with van der Waals surface area (Å²) in [5.74, 6) is -3.33. The molecule has 1 aliphatic rings. The molecule has 42 heavy (non-hydrogen) atoms. The van der Waals surface area contributed by atoms with Gasteiger partial charge in [-0.25, -0.2) is 17.2 Å². The summed E-state index contributed by atoms with van der Waals surface area (Å²) >= 11 is 0. The van der Waals surface area contributed by atoms with E-state index in [2.05, 4.69) is 5.32 Å². The van der Waals surface area contributed by atoms with Crippen LogP contribution in [-0.4, -0.2) is 50.0 Å². The first-order chi connectivity index (χ1) is 20.0. The number of rotatable bonds is 11. The number of carbonyl (C=O) groups excluding carboxylic acids is 2. The minimum Gasteiger partial charge on any atom is -0.352 e. The van der Waals surface area contributed by atoms with Crippen molar-refractivity contribution in [2.45, 2.75) is 64.1 Å². The van der Waals surface area contributed by atoms with Gasteiger partial charge in [0.15, 0.2) is 11.6 Å². The Hall–Kier alpha value is -3.79. The van der Waals surface area contributed by atoms with Gasteiger partial charge in [0.2, 0.25) is 21.8 Å². The van der Waals surface area contributed by atoms with E-state index < -0.39 is 40.2 Å². The average Bonchev–Trinajstić information content (AvgIpc) is 2.96. The minimum absolute atomic E-state index is 0.00496. The zero-order valence-electron chi connectivity index (χ0n) is 23.9. The lowest BCUT2D eigenvalue weighted by Gasteiger charge is -2.35. The first kappa shape index (κ1) is 31.2. The normalized spacial score (nSPS) is 14.7. The van der Waals surface area contributed by atoms with Crippen molar-refractivity contribution >= 4 is 27.5 Å². The maximum absolute atomic E-state index is 14.1. The largest absolute Gasteiger partial charge is 0.352 e. The molecule has 1 N–H and O–H groups in total. The number of benzene rings is 3. The van der Waals surface area contributed by atoms with Gasteiger partial charge in [0, 0.05) is 25.1 Å². The highest BCUT2D eigenvalue weighted by Crippen LogP contribution is 2.24. The molecule has 0 saturated heterocycles. The van der Waals surface area contributed by atoms with Crippen LogP contribution in [0.15, 0.2) is 72.8 Å². The van der Waals surface area contributed by atoms with Crippen LogP contribution in [-0.2, 0) is 32.6 Å². The predicted octanol–water partition coefficient (Wildman–Crippen LogP) is 5.13. The fourth-order valence-corrected chi connectivity index (χ4v) is 6.16. The van der Waals surface area contributed by atoms with Gasteiger partial charge in [-0.3, -0.25) is 13.9 Å². The van der Waals surface area contributed by atoms with E-state index in [1.165, 1.54) is 4.90 Å². The van der Waals surface area contributed by atoms with Crippen molar-refractivity contribution in [3.63, 3.8) is 0 Å². The molecule has 1 fully saturated rings. The molecule has 2 amide bonds. The maximum Gasteiger partial charge on any atom is 0.244 e. The summed E-state index contributed by atoms with van der Waals surface area (Å²) in [7, 11) is -4.09. The molecule has 3 aromatic carbocycles. The van der Waals surface area contributed by atoms with E-state index in [1.807, 2.05) is 61.5 Å². The van der Waals surface area contributed by atoms with E-state index in [0.29, 0.717) is 0 Å². The molecule has 0 aliphatic heterocycles. The third-order valence-corrected chi connectivity index (χ3v) is 8.84.